The minimum absolute atomic E-state index is 0.253. The summed E-state index contributed by atoms with van der Waals surface area (Å²) in [6, 6.07) is 7.51. The highest BCUT2D eigenvalue weighted by Gasteiger charge is 2.16. The van der Waals surface area contributed by atoms with Crippen molar-refractivity contribution in [3.05, 3.63) is 47.5 Å². The maximum Gasteiger partial charge on any atom is 0.313 e. The van der Waals surface area contributed by atoms with Crippen LogP contribution in [0.25, 0.3) is 11.0 Å². The number of nitrogen functional groups attached to an aromatic ring is 1. The number of aryl methyl sites for hydroxylation is 2. The summed E-state index contributed by atoms with van der Waals surface area (Å²) in [7, 11) is 0. The summed E-state index contributed by atoms with van der Waals surface area (Å²) < 4.78 is 6.77. The molecule has 19 heavy (non-hydrogen) atoms. The molecule has 3 aromatic rings. The van der Waals surface area contributed by atoms with Crippen molar-refractivity contribution >= 4 is 22.6 Å². The zero-order valence-electron chi connectivity index (χ0n) is 10.7. The van der Waals surface area contributed by atoms with Crippen LogP contribution in [0.5, 0.6) is 0 Å². The molecule has 0 unspecified atom stereocenters. The van der Waals surface area contributed by atoms with Crippen molar-refractivity contribution in [2.75, 3.05) is 5.73 Å². The molecule has 96 valence electrons. The highest BCUT2D eigenvalue weighted by molar-refractivity contribution is 5.97. The molecule has 0 atom stereocenters. The monoisotopic (exact) mass is 255 g/mol. The van der Waals surface area contributed by atoms with Crippen LogP contribution in [-0.4, -0.2) is 15.7 Å². The molecule has 0 fully saturated rings. The van der Waals surface area contributed by atoms with Crippen LogP contribution < -0.4 is 5.73 Å². The van der Waals surface area contributed by atoms with Gasteiger partial charge in [-0.05, 0) is 31.5 Å². The summed E-state index contributed by atoms with van der Waals surface area (Å²) in [5, 5.41) is 4.95. The predicted octanol–water partition coefficient (Wildman–Crippen LogP) is 2.52. The standard InChI is InChI=1S/C14H13N3O2/c1-8-3-4-10-6-13(19-12(10)5-8)14(18)17-7-11(15)9(2)16-17/h3-7H,15H2,1-2H3. The van der Waals surface area contributed by atoms with Gasteiger partial charge >= 0.3 is 5.91 Å². The van der Waals surface area contributed by atoms with E-state index in [4.69, 9.17) is 10.2 Å². The number of hydrogen-bond donors (Lipinski definition) is 1. The van der Waals surface area contributed by atoms with E-state index in [9.17, 15) is 4.79 Å². The maximum absolute atomic E-state index is 12.2. The Labute approximate surface area is 109 Å². The molecule has 0 aliphatic heterocycles. The Morgan fingerprint density at radius 3 is 2.79 bits per heavy atom. The third-order valence-corrected chi connectivity index (χ3v) is 3.03. The molecule has 5 nitrogen and oxygen atoms in total. The molecule has 0 saturated carbocycles. The summed E-state index contributed by atoms with van der Waals surface area (Å²) >= 11 is 0. The number of benzene rings is 1. The second kappa shape index (κ2) is 3.98. The van der Waals surface area contributed by atoms with Gasteiger partial charge in [0.25, 0.3) is 0 Å². The van der Waals surface area contributed by atoms with Gasteiger partial charge in [-0.1, -0.05) is 12.1 Å². The Bertz CT molecular complexity index is 764. The molecule has 2 heterocycles. The maximum atomic E-state index is 12.2. The van der Waals surface area contributed by atoms with E-state index in [2.05, 4.69) is 5.10 Å². The largest absolute Gasteiger partial charge is 0.451 e. The van der Waals surface area contributed by atoms with Gasteiger partial charge in [0.15, 0.2) is 5.76 Å². The van der Waals surface area contributed by atoms with Crippen molar-refractivity contribution in [2.24, 2.45) is 0 Å². The van der Waals surface area contributed by atoms with Crippen molar-refractivity contribution in [1.82, 2.24) is 9.78 Å². The third-order valence-electron chi connectivity index (χ3n) is 3.03. The minimum Gasteiger partial charge on any atom is -0.451 e. The summed E-state index contributed by atoms with van der Waals surface area (Å²) in [5.74, 6) is -0.0725. The highest BCUT2D eigenvalue weighted by atomic mass is 16.3. The second-order valence-electron chi connectivity index (χ2n) is 4.57. The molecule has 3 rings (SSSR count). The number of anilines is 1. The third kappa shape index (κ3) is 1.89. The first-order valence-corrected chi connectivity index (χ1v) is 5.91. The SMILES string of the molecule is Cc1ccc2cc(C(=O)n3cc(N)c(C)n3)oc2c1. The second-order valence-corrected chi connectivity index (χ2v) is 4.57. The normalized spacial score (nSPS) is 11.1. The minimum atomic E-state index is -0.325. The lowest BCUT2D eigenvalue weighted by atomic mass is 10.2. The molecule has 0 bridgehead atoms. The van der Waals surface area contributed by atoms with E-state index in [0.29, 0.717) is 17.0 Å². The molecule has 0 radical (unpaired) electrons. The molecule has 2 aromatic heterocycles. The molecule has 0 aliphatic rings. The van der Waals surface area contributed by atoms with Crippen LogP contribution in [0.1, 0.15) is 21.8 Å². The van der Waals surface area contributed by atoms with E-state index in [0.717, 1.165) is 10.9 Å². The van der Waals surface area contributed by atoms with E-state index in [1.807, 2.05) is 25.1 Å². The van der Waals surface area contributed by atoms with Crippen LogP contribution in [0.2, 0.25) is 0 Å². The van der Waals surface area contributed by atoms with Crippen LogP contribution in [-0.2, 0) is 0 Å². The zero-order chi connectivity index (χ0) is 13.6. The van der Waals surface area contributed by atoms with Gasteiger partial charge < -0.3 is 10.2 Å². The number of nitrogens with zero attached hydrogens (tertiary/aromatic N) is 2. The first-order chi connectivity index (χ1) is 9.04. The fraction of sp³-hybridized carbons (Fsp3) is 0.143. The number of fused-ring (bicyclic) bond motifs is 1. The number of carbonyl (C=O) groups excluding carboxylic acids is 1. The Balaban J connectivity index is 2.06. The average Bonchev–Trinajstić information content (AvgIpc) is 2.92. The lowest BCUT2D eigenvalue weighted by Gasteiger charge is -1.94. The quantitative estimate of drug-likeness (QED) is 0.725. The number of hydrogen-bond acceptors (Lipinski definition) is 4. The first-order valence-electron chi connectivity index (χ1n) is 5.91. The smallest absolute Gasteiger partial charge is 0.313 e. The Morgan fingerprint density at radius 1 is 1.32 bits per heavy atom. The van der Waals surface area contributed by atoms with Gasteiger partial charge in [0.2, 0.25) is 0 Å². The topological polar surface area (TPSA) is 74.0 Å². The number of aromatic nitrogens is 2. The fourth-order valence-corrected chi connectivity index (χ4v) is 1.93. The van der Waals surface area contributed by atoms with Crippen molar-refractivity contribution in [1.29, 1.82) is 0 Å². The summed E-state index contributed by atoms with van der Waals surface area (Å²) in [4.78, 5) is 12.2. The lowest BCUT2D eigenvalue weighted by Crippen LogP contribution is -2.11. The van der Waals surface area contributed by atoms with Gasteiger partial charge in [-0.15, -0.1) is 0 Å². The molecule has 0 amide bonds. The summed E-state index contributed by atoms with van der Waals surface area (Å²) in [6.07, 6.45) is 1.50. The Kier molecular flexibility index (Phi) is 2.41. The number of nitrogens with two attached hydrogens (primary N) is 1. The molecule has 2 N–H and O–H groups in total. The van der Waals surface area contributed by atoms with E-state index >= 15 is 0 Å². The van der Waals surface area contributed by atoms with Crippen molar-refractivity contribution in [2.45, 2.75) is 13.8 Å². The molecular formula is C14H13N3O2. The van der Waals surface area contributed by atoms with E-state index in [1.54, 1.807) is 13.0 Å². The summed E-state index contributed by atoms with van der Waals surface area (Å²) in [6.45, 7) is 3.72. The first kappa shape index (κ1) is 11.5. The van der Waals surface area contributed by atoms with Crippen molar-refractivity contribution < 1.29 is 9.21 Å². The fourth-order valence-electron chi connectivity index (χ4n) is 1.93. The van der Waals surface area contributed by atoms with Gasteiger partial charge in [-0.25, -0.2) is 0 Å². The van der Waals surface area contributed by atoms with Crippen molar-refractivity contribution in [3.8, 4) is 0 Å². The lowest BCUT2D eigenvalue weighted by molar-refractivity contribution is 0.0919. The van der Waals surface area contributed by atoms with Crippen LogP contribution >= 0.6 is 0 Å². The van der Waals surface area contributed by atoms with Crippen LogP contribution in [0.3, 0.4) is 0 Å². The van der Waals surface area contributed by atoms with Gasteiger partial charge in [-0.2, -0.15) is 9.78 Å². The van der Waals surface area contributed by atoms with Gasteiger partial charge in [0.05, 0.1) is 17.6 Å². The van der Waals surface area contributed by atoms with Crippen molar-refractivity contribution in [3.63, 3.8) is 0 Å². The van der Waals surface area contributed by atoms with E-state index in [-0.39, 0.29) is 11.7 Å². The molecule has 0 aliphatic carbocycles. The molecule has 1 aromatic carbocycles. The Morgan fingerprint density at radius 2 is 2.11 bits per heavy atom. The van der Waals surface area contributed by atoms with Crippen LogP contribution in [0, 0.1) is 13.8 Å². The Hall–Kier alpha value is -2.56. The van der Waals surface area contributed by atoms with Gasteiger partial charge in [0.1, 0.15) is 5.58 Å². The summed E-state index contributed by atoms with van der Waals surface area (Å²) in [5.41, 5.74) is 8.57. The number of furan rings is 1. The highest BCUT2D eigenvalue weighted by Crippen LogP contribution is 2.21. The predicted molar refractivity (Wildman–Crippen MR) is 72.1 cm³/mol. The zero-order valence-corrected chi connectivity index (χ0v) is 10.7. The molecule has 0 saturated heterocycles. The number of rotatable bonds is 1. The van der Waals surface area contributed by atoms with Gasteiger partial charge in [0, 0.05) is 5.39 Å². The molecular weight excluding hydrogens is 242 g/mol. The van der Waals surface area contributed by atoms with E-state index < -0.39 is 0 Å². The number of carbonyl (C=O) groups is 1. The van der Waals surface area contributed by atoms with E-state index in [1.165, 1.54) is 10.9 Å². The van der Waals surface area contributed by atoms with Gasteiger partial charge in [-0.3, -0.25) is 4.79 Å². The average molecular weight is 255 g/mol. The van der Waals surface area contributed by atoms with Crippen LogP contribution in [0.4, 0.5) is 5.69 Å². The molecule has 5 heteroatoms. The van der Waals surface area contributed by atoms with Crippen LogP contribution in [0.15, 0.2) is 34.9 Å². The molecule has 0 spiro atoms.